The topological polar surface area (TPSA) is 70.7 Å². The molecule has 2 heterocycles. The van der Waals surface area contributed by atoms with Gasteiger partial charge in [-0.05, 0) is 30.9 Å². The third-order valence-electron chi connectivity index (χ3n) is 4.74. The average molecular weight is 343 g/mol. The number of nitrogens with zero attached hydrogens (tertiary/aromatic N) is 1. The Balaban J connectivity index is 1.84. The molecule has 0 saturated carbocycles. The maximum Gasteiger partial charge on any atom is 0.337 e. The molecule has 2 N–H and O–H groups in total. The monoisotopic (exact) mass is 343 g/mol. The molecule has 3 rings (SSSR count). The molecule has 0 aliphatic carbocycles. The average Bonchev–Trinajstić information content (AvgIpc) is 2.61. The molecule has 2 aliphatic rings. The molecule has 1 aromatic carbocycles. The Labute approximate surface area is 148 Å². The molecule has 6 heteroatoms. The predicted molar refractivity (Wildman–Crippen MR) is 94.8 cm³/mol. The van der Waals surface area contributed by atoms with E-state index in [1.165, 1.54) is 11.1 Å². The van der Waals surface area contributed by atoms with E-state index in [2.05, 4.69) is 33.7 Å². The molecular weight excluding hydrogens is 318 g/mol. The first kappa shape index (κ1) is 17.5. The van der Waals surface area contributed by atoms with Gasteiger partial charge in [0.2, 0.25) is 0 Å². The van der Waals surface area contributed by atoms with E-state index in [0.717, 1.165) is 19.5 Å². The molecule has 0 radical (unpaired) electrons. The van der Waals surface area contributed by atoms with Crippen molar-refractivity contribution in [1.29, 1.82) is 0 Å². The molecule has 1 atom stereocenters. The van der Waals surface area contributed by atoms with Gasteiger partial charge in [-0.15, -0.1) is 0 Å². The summed E-state index contributed by atoms with van der Waals surface area (Å²) < 4.78 is 5.22. The number of benzene rings is 1. The van der Waals surface area contributed by atoms with Gasteiger partial charge in [0.25, 0.3) is 0 Å². The Morgan fingerprint density at radius 3 is 2.76 bits per heavy atom. The lowest BCUT2D eigenvalue weighted by Crippen LogP contribution is -2.52. The number of hydrogen-bond donors (Lipinski definition) is 2. The van der Waals surface area contributed by atoms with E-state index in [9.17, 15) is 9.59 Å². The number of carbonyl (C=O) groups is 2. The number of nitrogens with one attached hydrogen (secondary N) is 2. The number of ether oxygens (including phenoxy) is 1. The van der Waals surface area contributed by atoms with Crippen LogP contribution < -0.4 is 10.6 Å². The van der Waals surface area contributed by atoms with Crippen LogP contribution in [0.5, 0.6) is 0 Å². The second kappa shape index (κ2) is 7.70. The molecule has 0 unspecified atom stereocenters. The maximum absolute atomic E-state index is 12.4. The van der Waals surface area contributed by atoms with Crippen molar-refractivity contribution in [3.8, 4) is 0 Å². The van der Waals surface area contributed by atoms with E-state index in [0.29, 0.717) is 30.8 Å². The Morgan fingerprint density at radius 2 is 2.04 bits per heavy atom. The molecule has 0 bridgehead atoms. The van der Waals surface area contributed by atoms with Crippen LogP contribution in [0.25, 0.3) is 0 Å². The van der Waals surface area contributed by atoms with Crippen LogP contribution in [0.3, 0.4) is 0 Å². The summed E-state index contributed by atoms with van der Waals surface area (Å²) >= 11 is 0. The van der Waals surface area contributed by atoms with Crippen molar-refractivity contribution in [2.45, 2.75) is 39.3 Å². The van der Waals surface area contributed by atoms with E-state index in [1.54, 1.807) is 6.92 Å². The molecule has 0 spiro atoms. The van der Waals surface area contributed by atoms with Gasteiger partial charge in [0.1, 0.15) is 0 Å². The van der Waals surface area contributed by atoms with Gasteiger partial charge >= 0.3 is 12.0 Å². The molecule has 2 aliphatic heterocycles. The van der Waals surface area contributed by atoms with Gasteiger partial charge in [-0.3, -0.25) is 4.90 Å². The van der Waals surface area contributed by atoms with E-state index in [1.807, 2.05) is 13.0 Å². The fourth-order valence-corrected chi connectivity index (χ4v) is 3.50. The van der Waals surface area contributed by atoms with Crippen LogP contribution in [-0.2, 0) is 22.5 Å². The quantitative estimate of drug-likeness (QED) is 0.802. The number of rotatable bonds is 5. The van der Waals surface area contributed by atoms with Crippen molar-refractivity contribution in [3.05, 3.63) is 46.7 Å². The number of hydrogen-bond acceptors (Lipinski definition) is 4. The summed E-state index contributed by atoms with van der Waals surface area (Å²) in [5, 5.41) is 5.64. The highest BCUT2D eigenvalue weighted by Crippen LogP contribution is 2.22. The number of amides is 2. The van der Waals surface area contributed by atoms with Gasteiger partial charge in [-0.25, -0.2) is 9.59 Å². The molecule has 1 aromatic rings. The number of esters is 1. The van der Waals surface area contributed by atoms with Crippen LogP contribution in [-0.4, -0.2) is 42.6 Å². The molecule has 0 saturated heterocycles. The minimum absolute atomic E-state index is 0.257. The van der Waals surface area contributed by atoms with Crippen molar-refractivity contribution in [3.63, 3.8) is 0 Å². The summed E-state index contributed by atoms with van der Waals surface area (Å²) in [7, 11) is 0. The van der Waals surface area contributed by atoms with Crippen molar-refractivity contribution in [1.82, 2.24) is 15.5 Å². The fraction of sp³-hybridized carbons (Fsp3) is 0.474. The van der Waals surface area contributed by atoms with Crippen molar-refractivity contribution in [2.24, 2.45) is 0 Å². The highest BCUT2D eigenvalue weighted by Gasteiger charge is 2.32. The van der Waals surface area contributed by atoms with Crippen LogP contribution >= 0.6 is 0 Å². The number of carbonyl (C=O) groups excluding carboxylic acids is 2. The molecule has 25 heavy (non-hydrogen) atoms. The Hall–Kier alpha value is -2.34. The lowest BCUT2D eigenvalue weighted by atomic mass is 9.97. The zero-order chi connectivity index (χ0) is 17.8. The second-order valence-electron chi connectivity index (χ2n) is 6.40. The van der Waals surface area contributed by atoms with E-state index in [-0.39, 0.29) is 18.0 Å². The number of fused-ring (bicyclic) bond motifs is 1. The summed E-state index contributed by atoms with van der Waals surface area (Å²) in [6.45, 7) is 6.30. The molecule has 134 valence electrons. The predicted octanol–water partition coefficient (Wildman–Crippen LogP) is 1.95. The Morgan fingerprint density at radius 1 is 1.28 bits per heavy atom. The van der Waals surface area contributed by atoms with Gasteiger partial charge in [-0.2, -0.15) is 0 Å². The molecule has 0 fully saturated rings. The summed E-state index contributed by atoms with van der Waals surface area (Å²) in [6.07, 6.45) is 1.62. The first-order valence-corrected chi connectivity index (χ1v) is 8.89. The van der Waals surface area contributed by atoms with Crippen molar-refractivity contribution >= 4 is 12.0 Å². The summed E-state index contributed by atoms with van der Waals surface area (Å²) in [5.41, 5.74) is 3.88. The minimum Gasteiger partial charge on any atom is -0.463 e. The van der Waals surface area contributed by atoms with Crippen molar-refractivity contribution < 1.29 is 14.3 Å². The maximum atomic E-state index is 12.4. The van der Waals surface area contributed by atoms with E-state index < -0.39 is 0 Å². The van der Waals surface area contributed by atoms with E-state index >= 15 is 0 Å². The molecule has 6 nitrogen and oxygen atoms in total. The van der Waals surface area contributed by atoms with E-state index in [4.69, 9.17) is 4.74 Å². The highest BCUT2D eigenvalue weighted by molar-refractivity contribution is 5.94. The number of urea groups is 1. The fourth-order valence-electron chi connectivity index (χ4n) is 3.50. The highest BCUT2D eigenvalue weighted by atomic mass is 16.5. The molecule has 0 aromatic heterocycles. The standard InChI is InChI=1S/C19H25N3O3/c1-3-15-17(18(23)25-4-2)16(21-19(24)20-15)12-22-10-9-13-7-5-6-8-14(13)11-22/h5-8,15H,3-4,9-12H2,1-2H3,(H2,20,21,24)/t15-/m0/s1. The minimum atomic E-state index is -0.353. The smallest absolute Gasteiger partial charge is 0.337 e. The SMILES string of the molecule is CCOC(=O)C1=C(CN2CCc3ccccc3C2)NC(=O)N[C@H]1CC. The van der Waals surface area contributed by atoms with Crippen LogP contribution in [0.4, 0.5) is 4.79 Å². The van der Waals surface area contributed by atoms with Gasteiger partial charge in [-0.1, -0.05) is 31.2 Å². The van der Waals surface area contributed by atoms with Crippen LogP contribution in [0, 0.1) is 0 Å². The zero-order valence-electron chi connectivity index (χ0n) is 14.8. The summed E-state index contributed by atoms with van der Waals surface area (Å²) in [5.74, 6) is -0.353. The van der Waals surface area contributed by atoms with Gasteiger partial charge in [0, 0.05) is 25.3 Å². The largest absolute Gasteiger partial charge is 0.463 e. The first-order chi connectivity index (χ1) is 12.1. The summed E-state index contributed by atoms with van der Waals surface area (Å²) in [4.78, 5) is 26.7. The molecule has 2 amide bonds. The van der Waals surface area contributed by atoms with Crippen molar-refractivity contribution in [2.75, 3.05) is 19.7 Å². The zero-order valence-corrected chi connectivity index (χ0v) is 14.8. The normalized spacial score (nSPS) is 20.6. The molecular formula is C19H25N3O3. The Bertz CT molecular complexity index is 699. The second-order valence-corrected chi connectivity index (χ2v) is 6.40. The Kier molecular flexibility index (Phi) is 5.38. The van der Waals surface area contributed by atoms with Crippen LogP contribution in [0.15, 0.2) is 35.5 Å². The van der Waals surface area contributed by atoms with Gasteiger partial charge < -0.3 is 15.4 Å². The van der Waals surface area contributed by atoms with Crippen LogP contribution in [0.2, 0.25) is 0 Å². The van der Waals surface area contributed by atoms with Crippen LogP contribution in [0.1, 0.15) is 31.4 Å². The summed E-state index contributed by atoms with van der Waals surface area (Å²) in [6, 6.07) is 7.85. The third-order valence-corrected chi connectivity index (χ3v) is 4.74. The first-order valence-electron chi connectivity index (χ1n) is 8.89. The van der Waals surface area contributed by atoms with Gasteiger partial charge in [0.05, 0.1) is 18.2 Å². The lowest BCUT2D eigenvalue weighted by molar-refractivity contribution is -0.139. The van der Waals surface area contributed by atoms with Gasteiger partial charge in [0.15, 0.2) is 0 Å². The third kappa shape index (κ3) is 3.85. The lowest BCUT2D eigenvalue weighted by Gasteiger charge is -2.33.